The third-order valence-corrected chi connectivity index (χ3v) is 5.84. The minimum absolute atomic E-state index is 0.194. The van der Waals surface area contributed by atoms with Crippen LogP contribution in [0.25, 0.3) is 11.6 Å². The number of aromatic nitrogens is 3. The van der Waals surface area contributed by atoms with E-state index < -0.39 is 10.0 Å². The van der Waals surface area contributed by atoms with Gasteiger partial charge in [-0.25, -0.2) is 8.42 Å². The van der Waals surface area contributed by atoms with Crippen LogP contribution in [0.1, 0.15) is 42.5 Å². The SMILES string of the molecule is Cc1nnc(-c2[nH]c(C)c(S(=O)(=O)Nc3ccccc3C(C)C)c2C)o1. The molecule has 3 rings (SSSR count). The van der Waals surface area contributed by atoms with Gasteiger partial charge in [-0.15, -0.1) is 10.2 Å². The zero-order valence-electron chi connectivity index (χ0n) is 15.4. The van der Waals surface area contributed by atoms with Crippen LogP contribution in [-0.2, 0) is 10.0 Å². The molecule has 2 aromatic heterocycles. The van der Waals surface area contributed by atoms with Crippen molar-refractivity contribution in [1.29, 1.82) is 0 Å². The lowest BCUT2D eigenvalue weighted by Crippen LogP contribution is -2.16. The Bertz CT molecular complexity index is 1050. The molecule has 0 aliphatic carbocycles. The van der Waals surface area contributed by atoms with Crippen molar-refractivity contribution in [2.75, 3.05) is 4.72 Å². The number of rotatable bonds is 5. The number of anilines is 1. The molecule has 138 valence electrons. The molecule has 0 fully saturated rings. The maximum atomic E-state index is 13.1. The van der Waals surface area contributed by atoms with Gasteiger partial charge in [0, 0.05) is 18.2 Å². The lowest BCUT2D eigenvalue weighted by Gasteiger charge is -2.15. The molecule has 2 N–H and O–H groups in total. The first-order valence-corrected chi connectivity index (χ1v) is 9.80. The molecule has 0 unspecified atom stereocenters. The Morgan fingerprint density at radius 2 is 1.81 bits per heavy atom. The van der Waals surface area contributed by atoms with Gasteiger partial charge in [0.1, 0.15) is 10.6 Å². The summed E-state index contributed by atoms with van der Waals surface area (Å²) < 4.78 is 34.3. The van der Waals surface area contributed by atoms with Crippen molar-refractivity contribution in [2.45, 2.75) is 45.4 Å². The minimum atomic E-state index is -3.78. The topological polar surface area (TPSA) is 101 Å². The van der Waals surface area contributed by atoms with Crippen LogP contribution in [0.2, 0.25) is 0 Å². The molecule has 0 spiro atoms. The second-order valence-corrected chi connectivity index (χ2v) is 8.17. The molecule has 0 radical (unpaired) electrons. The number of nitrogens with zero attached hydrogens (tertiary/aromatic N) is 2. The Hall–Kier alpha value is -2.61. The van der Waals surface area contributed by atoms with E-state index in [0.717, 1.165) is 5.56 Å². The highest BCUT2D eigenvalue weighted by molar-refractivity contribution is 7.92. The van der Waals surface area contributed by atoms with Gasteiger partial charge in [-0.1, -0.05) is 32.0 Å². The van der Waals surface area contributed by atoms with E-state index in [1.165, 1.54) is 0 Å². The summed E-state index contributed by atoms with van der Waals surface area (Å²) >= 11 is 0. The maximum absolute atomic E-state index is 13.1. The highest BCUT2D eigenvalue weighted by Gasteiger charge is 2.27. The number of H-pyrrole nitrogens is 1. The highest BCUT2D eigenvalue weighted by atomic mass is 32.2. The molecule has 8 heteroatoms. The first-order valence-electron chi connectivity index (χ1n) is 8.32. The number of sulfonamides is 1. The van der Waals surface area contributed by atoms with Gasteiger partial charge < -0.3 is 9.40 Å². The molecule has 26 heavy (non-hydrogen) atoms. The van der Waals surface area contributed by atoms with Crippen molar-refractivity contribution in [3.05, 3.63) is 47.0 Å². The first kappa shape index (κ1) is 18.2. The molecule has 0 saturated carbocycles. The monoisotopic (exact) mass is 374 g/mol. The van der Waals surface area contributed by atoms with Gasteiger partial charge >= 0.3 is 0 Å². The number of hydrogen-bond acceptors (Lipinski definition) is 5. The molecular formula is C18H22N4O3S. The van der Waals surface area contributed by atoms with Gasteiger partial charge in [0.25, 0.3) is 15.9 Å². The average molecular weight is 374 g/mol. The van der Waals surface area contributed by atoms with Gasteiger partial charge in [-0.2, -0.15) is 0 Å². The summed E-state index contributed by atoms with van der Waals surface area (Å²) in [6.07, 6.45) is 0. The molecular weight excluding hydrogens is 352 g/mol. The normalized spacial score (nSPS) is 11.9. The molecule has 0 aliphatic heterocycles. The molecule has 2 heterocycles. The molecule has 0 amide bonds. The summed E-state index contributed by atoms with van der Waals surface area (Å²) in [5.74, 6) is 0.881. The zero-order chi connectivity index (χ0) is 19.1. The quantitative estimate of drug-likeness (QED) is 0.705. The summed E-state index contributed by atoms with van der Waals surface area (Å²) in [4.78, 5) is 3.25. The standard InChI is InChI=1S/C18H22N4O3S/c1-10(2)14-8-6-7-9-15(14)22-26(23,24)17-11(3)16(19-12(17)4)18-21-20-13(5)25-18/h6-10,19,22H,1-5H3. The van der Waals surface area contributed by atoms with Crippen LogP contribution in [0.3, 0.4) is 0 Å². The predicted octanol–water partition coefficient (Wildman–Crippen LogP) is 3.91. The third kappa shape index (κ3) is 3.24. The number of benzene rings is 1. The Morgan fingerprint density at radius 1 is 1.12 bits per heavy atom. The van der Waals surface area contributed by atoms with Crippen molar-refractivity contribution in [2.24, 2.45) is 0 Å². The van der Waals surface area contributed by atoms with Crippen molar-refractivity contribution in [3.63, 3.8) is 0 Å². The molecule has 0 atom stereocenters. The minimum Gasteiger partial charge on any atom is -0.420 e. The van der Waals surface area contributed by atoms with Crippen molar-refractivity contribution in [1.82, 2.24) is 15.2 Å². The van der Waals surface area contributed by atoms with E-state index in [4.69, 9.17) is 4.42 Å². The molecule has 1 aromatic carbocycles. The van der Waals surface area contributed by atoms with Crippen LogP contribution in [0.15, 0.2) is 33.6 Å². The molecule has 0 saturated heterocycles. The van der Waals surface area contributed by atoms with E-state index >= 15 is 0 Å². The number of para-hydroxylation sites is 1. The van der Waals surface area contributed by atoms with Gasteiger partial charge in [0.15, 0.2) is 0 Å². The van der Waals surface area contributed by atoms with E-state index in [0.29, 0.717) is 28.5 Å². The van der Waals surface area contributed by atoms with Gasteiger partial charge in [-0.05, 0) is 31.4 Å². The number of aryl methyl sites for hydroxylation is 2. The van der Waals surface area contributed by atoms with Crippen LogP contribution in [0, 0.1) is 20.8 Å². The number of nitrogens with one attached hydrogen (secondary N) is 2. The molecule has 0 aliphatic rings. The molecule has 3 aromatic rings. The fourth-order valence-electron chi connectivity index (χ4n) is 3.04. The van der Waals surface area contributed by atoms with Crippen LogP contribution in [-0.4, -0.2) is 23.6 Å². The average Bonchev–Trinajstić information content (AvgIpc) is 3.10. The maximum Gasteiger partial charge on any atom is 0.264 e. The fourth-order valence-corrected chi connectivity index (χ4v) is 4.57. The van der Waals surface area contributed by atoms with Crippen LogP contribution < -0.4 is 4.72 Å². The summed E-state index contributed by atoms with van der Waals surface area (Å²) in [6.45, 7) is 9.17. The number of aromatic amines is 1. The van der Waals surface area contributed by atoms with Crippen molar-refractivity contribution in [3.8, 4) is 11.6 Å². The van der Waals surface area contributed by atoms with E-state index in [1.54, 1.807) is 26.8 Å². The molecule has 7 nitrogen and oxygen atoms in total. The van der Waals surface area contributed by atoms with E-state index in [1.807, 2.05) is 32.0 Å². The van der Waals surface area contributed by atoms with E-state index in [9.17, 15) is 8.42 Å². The largest absolute Gasteiger partial charge is 0.420 e. The Kier molecular flexibility index (Phi) is 4.62. The van der Waals surface area contributed by atoms with Gasteiger partial charge in [-0.3, -0.25) is 4.72 Å². The summed E-state index contributed by atoms with van der Waals surface area (Å²) in [6, 6.07) is 7.40. The van der Waals surface area contributed by atoms with Crippen molar-refractivity contribution < 1.29 is 12.8 Å². The van der Waals surface area contributed by atoms with Gasteiger partial charge in [0.05, 0.1) is 5.69 Å². The van der Waals surface area contributed by atoms with Gasteiger partial charge in [0.2, 0.25) is 5.89 Å². The summed E-state index contributed by atoms with van der Waals surface area (Å²) in [5, 5.41) is 7.77. The lowest BCUT2D eigenvalue weighted by atomic mass is 10.0. The number of hydrogen-bond donors (Lipinski definition) is 2. The highest BCUT2D eigenvalue weighted by Crippen LogP contribution is 2.32. The van der Waals surface area contributed by atoms with Crippen LogP contribution in [0.4, 0.5) is 5.69 Å². The Morgan fingerprint density at radius 3 is 2.42 bits per heavy atom. The van der Waals surface area contributed by atoms with Crippen LogP contribution in [0.5, 0.6) is 0 Å². The summed E-state index contributed by atoms with van der Waals surface area (Å²) in [5.41, 5.74) is 3.09. The van der Waals surface area contributed by atoms with E-state index in [2.05, 4.69) is 19.9 Å². The lowest BCUT2D eigenvalue weighted by molar-refractivity contribution is 0.531. The summed E-state index contributed by atoms with van der Waals surface area (Å²) in [7, 11) is -3.78. The Balaban J connectivity index is 2.05. The van der Waals surface area contributed by atoms with Crippen LogP contribution >= 0.6 is 0 Å². The third-order valence-electron chi connectivity index (χ3n) is 4.20. The first-order chi connectivity index (χ1) is 12.2. The predicted molar refractivity (Wildman–Crippen MR) is 99.6 cm³/mol. The Labute approximate surface area is 152 Å². The second-order valence-electron chi connectivity index (χ2n) is 6.55. The second kappa shape index (κ2) is 6.60. The zero-order valence-corrected chi connectivity index (χ0v) is 16.2. The van der Waals surface area contributed by atoms with E-state index in [-0.39, 0.29) is 16.7 Å². The smallest absolute Gasteiger partial charge is 0.264 e. The molecule has 0 bridgehead atoms. The van der Waals surface area contributed by atoms with Crippen molar-refractivity contribution >= 4 is 15.7 Å². The fraction of sp³-hybridized carbons (Fsp3) is 0.333.